The van der Waals surface area contributed by atoms with Gasteiger partial charge in [-0.2, -0.15) is 0 Å². The lowest BCUT2D eigenvalue weighted by atomic mass is 10.1. The van der Waals surface area contributed by atoms with Crippen LogP contribution >= 0.6 is 11.8 Å². The van der Waals surface area contributed by atoms with E-state index in [-0.39, 0.29) is 17.1 Å². The monoisotopic (exact) mass is 471 g/mol. The molecular weight excluding hydrogens is 450 g/mol. The van der Waals surface area contributed by atoms with Crippen molar-refractivity contribution in [2.24, 2.45) is 0 Å². The number of nitrogens with zero attached hydrogens (tertiary/aromatic N) is 1. The predicted molar refractivity (Wildman–Crippen MR) is 120 cm³/mol. The Morgan fingerprint density at radius 3 is 2.55 bits per heavy atom. The number of carbonyl (C=O) groups is 4. The fraction of sp³-hybridized carbons (Fsp3) is 0.217. The van der Waals surface area contributed by atoms with Gasteiger partial charge in [-0.25, -0.2) is 9.59 Å². The van der Waals surface area contributed by atoms with Gasteiger partial charge in [0.15, 0.2) is 11.5 Å². The average molecular weight is 471 g/mol. The molecule has 3 rings (SSSR count). The number of carboxylic acid groups (broad SMARTS) is 1. The minimum atomic E-state index is -1.03. The van der Waals surface area contributed by atoms with Crippen LogP contribution in [0.15, 0.2) is 47.4 Å². The highest BCUT2D eigenvalue weighted by Gasteiger charge is 2.41. The first kappa shape index (κ1) is 23.9. The SMILES string of the molecule is COC(=O)C(C)N1C(=O)S/C(=C\c2ccc(OCc3cccc(C(=O)O)c3)c(OC)c2)C1=O. The molecule has 1 N–H and O–H groups in total. The van der Waals surface area contributed by atoms with Crippen molar-refractivity contribution in [2.45, 2.75) is 19.6 Å². The molecule has 0 aromatic heterocycles. The maximum Gasteiger partial charge on any atom is 0.335 e. The number of ether oxygens (including phenoxy) is 3. The van der Waals surface area contributed by atoms with Gasteiger partial charge in [-0.3, -0.25) is 14.5 Å². The van der Waals surface area contributed by atoms with E-state index in [1.807, 2.05) is 0 Å². The van der Waals surface area contributed by atoms with Gasteiger partial charge in [0.2, 0.25) is 0 Å². The molecule has 0 aliphatic carbocycles. The maximum absolute atomic E-state index is 12.6. The van der Waals surface area contributed by atoms with E-state index in [4.69, 9.17) is 14.6 Å². The first-order chi connectivity index (χ1) is 15.7. The maximum atomic E-state index is 12.6. The summed E-state index contributed by atoms with van der Waals surface area (Å²) in [6, 6.07) is 10.3. The van der Waals surface area contributed by atoms with Crippen LogP contribution < -0.4 is 9.47 Å². The lowest BCUT2D eigenvalue weighted by Gasteiger charge is -2.18. The lowest BCUT2D eigenvalue weighted by Crippen LogP contribution is -2.42. The number of esters is 1. The summed E-state index contributed by atoms with van der Waals surface area (Å²) in [6.07, 6.45) is 1.53. The molecule has 1 saturated heterocycles. The van der Waals surface area contributed by atoms with Crippen LogP contribution in [0.1, 0.15) is 28.4 Å². The Hall–Kier alpha value is -3.79. The van der Waals surface area contributed by atoms with Crippen LogP contribution in [-0.4, -0.2) is 53.4 Å². The number of amides is 2. The highest BCUT2D eigenvalue weighted by Crippen LogP contribution is 2.35. The Bertz CT molecular complexity index is 1140. The van der Waals surface area contributed by atoms with Gasteiger partial charge >= 0.3 is 11.9 Å². The minimum Gasteiger partial charge on any atom is -0.493 e. The number of hydrogen-bond acceptors (Lipinski definition) is 8. The third-order valence-electron chi connectivity index (χ3n) is 4.81. The molecule has 2 aromatic carbocycles. The van der Waals surface area contributed by atoms with Crippen molar-refractivity contribution in [2.75, 3.05) is 14.2 Å². The molecule has 1 unspecified atom stereocenters. The number of carboxylic acids is 1. The van der Waals surface area contributed by atoms with Gasteiger partial charge in [0.25, 0.3) is 11.1 Å². The van der Waals surface area contributed by atoms with Crippen molar-refractivity contribution >= 4 is 40.9 Å². The third kappa shape index (κ3) is 5.35. The molecule has 172 valence electrons. The summed E-state index contributed by atoms with van der Waals surface area (Å²) in [4.78, 5) is 48.8. The molecule has 1 heterocycles. The first-order valence-corrected chi connectivity index (χ1v) is 10.5. The zero-order valence-corrected chi connectivity index (χ0v) is 18.9. The number of methoxy groups -OCH3 is 2. The molecule has 0 spiro atoms. The van der Waals surface area contributed by atoms with E-state index in [0.29, 0.717) is 22.6 Å². The molecule has 1 aliphatic heterocycles. The van der Waals surface area contributed by atoms with Gasteiger partial charge in [-0.05, 0) is 60.2 Å². The van der Waals surface area contributed by atoms with E-state index >= 15 is 0 Å². The second-order valence-electron chi connectivity index (χ2n) is 6.96. The molecular formula is C23H21NO8S. The zero-order chi connectivity index (χ0) is 24.1. The van der Waals surface area contributed by atoms with E-state index in [1.165, 1.54) is 39.4 Å². The average Bonchev–Trinajstić information content (AvgIpc) is 3.09. The van der Waals surface area contributed by atoms with Crippen LogP contribution in [0.4, 0.5) is 4.79 Å². The zero-order valence-electron chi connectivity index (χ0n) is 18.1. The van der Waals surface area contributed by atoms with E-state index in [0.717, 1.165) is 16.7 Å². The number of carbonyl (C=O) groups excluding carboxylic acids is 3. The second kappa shape index (κ2) is 10.2. The Labute approximate surface area is 193 Å². The minimum absolute atomic E-state index is 0.126. The largest absolute Gasteiger partial charge is 0.493 e. The standard InChI is InChI=1S/C23H21NO8S/c1-13(22(28)31-3)24-20(25)19(33-23(24)29)11-14-7-8-17(18(10-14)30-2)32-12-15-5-4-6-16(9-15)21(26)27/h4-11,13H,12H2,1-3H3,(H,26,27)/b19-11-. The van der Waals surface area contributed by atoms with E-state index < -0.39 is 29.1 Å². The van der Waals surface area contributed by atoms with E-state index in [2.05, 4.69) is 4.74 Å². The van der Waals surface area contributed by atoms with Crippen LogP contribution in [-0.2, 0) is 20.9 Å². The fourth-order valence-corrected chi connectivity index (χ4v) is 4.00. The topological polar surface area (TPSA) is 119 Å². The lowest BCUT2D eigenvalue weighted by molar-refractivity contribution is -0.148. The molecule has 10 heteroatoms. The molecule has 1 fully saturated rings. The molecule has 1 atom stereocenters. The normalized spacial score (nSPS) is 15.5. The second-order valence-corrected chi connectivity index (χ2v) is 7.95. The summed E-state index contributed by atoms with van der Waals surface area (Å²) in [5, 5.41) is 8.55. The van der Waals surface area contributed by atoms with Crippen molar-refractivity contribution in [3.63, 3.8) is 0 Å². The van der Waals surface area contributed by atoms with Crippen molar-refractivity contribution in [1.29, 1.82) is 0 Å². The van der Waals surface area contributed by atoms with Gasteiger partial charge in [0, 0.05) is 0 Å². The van der Waals surface area contributed by atoms with Crippen LogP contribution in [0, 0.1) is 0 Å². The summed E-state index contributed by atoms with van der Waals surface area (Å²) < 4.78 is 15.8. The van der Waals surface area contributed by atoms with Crippen molar-refractivity contribution < 1.29 is 38.5 Å². The summed E-state index contributed by atoms with van der Waals surface area (Å²) in [6.45, 7) is 1.55. The number of hydrogen-bond donors (Lipinski definition) is 1. The Morgan fingerprint density at radius 1 is 1.12 bits per heavy atom. The van der Waals surface area contributed by atoms with Gasteiger partial charge in [-0.1, -0.05) is 18.2 Å². The fourth-order valence-electron chi connectivity index (χ4n) is 3.09. The molecule has 0 bridgehead atoms. The first-order valence-electron chi connectivity index (χ1n) is 9.73. The van der Waals surface area contributed by atoms with E-state index in [9.17, 15) is 19.2 Å². The molecule has 9 nitrogen and oxygen atoms in total. The number of benzene rings is 2. The van der Waals surface area contributed by atoms with Crippen molar-refractivity contribution in [1.82, 2.24) is 4.90 Å². The van der Waals surface area contributed by atoms with Crippen LogP contribution in [0.2, 0.25) is 0 Å². The summed E-state index contributed by atoms with van der Waals surface area (Å²) >= 11 is 0.732. The van der Waals surface area contributed by atoms with Gasteiger partial charge in [0.1, 0.15) is 12.6 Å². The number of imide groups is 1. The number of thioether (sulfide) groups is 1. The highest BCUT2D eigenvalue weighted by atomic mass is 32.2. The van der Waals surface area contributed by atoms with Crippen LogP contribution in [0.3, 0.4) is 0 Å². The highest BCUT2D eigenvalue weighted by molar-refractivity contribution is 8.18. The van der Waals surface area contributed by atoms with E-state index in [1.54, 1.807) is 30.3 Å². The third-order valence-corrected chi connectivity index (χ3v) is 5.69. The molecule has 0 saturated carbocycles. The summed E-state index contributed by atoms with van der Waals surface area (Å²) in [5.41, 5.74) is 1.42. The Kier molecular flexibility index (Phi) is 7.39. The molecule has 2 amide bonds. The van der Waals surface area contributed by atoms with Gasteiger partial charge in [0.05, 0.1) is 24.7 Å². The molecule has 1 aliphatic rings. The van der Waals surface area contributed by atoms with Gasteiger partial charge < -0.3 is 19.3 Å². The van der Waals surface area contributed by atoms with Crippen molar-refractivity contribution in [3.8, 4) is 11.5 Å². The molecule has 2 aromatic rings. The van der Waals surface area contributed by atoms with Crippen molar-refractivity contribution in [3.05, 3.63) is 64.1 Å². The predicted octanol–water partition coefficient (Wildman–Crippen LogP) is 3.57. The molecule has 33 heavy (non-hydrogen) atoms. The van der Waals surface area contributed by atoms with Gasteiger partial charge in [-0.15, -0.1) is 0 Å². The Balaban J connectivity index is 1.77. The van der Waals surface area contributed by atoms with Crippen LogP contribution in [0.5, 0.6) is 11.5 Å². The Morgan fingerprint density at radius 2 is 1.88 bits per heavy atom. The smallest absolute Gasteiger partial charge is 0.335 e. The number of aromatic carboxylic acids is 1. The molecule has 0 radical (unpaired) electrons. The quantitative estimate of drug-likeness (QED) is 0.455. The number of rotatable bonds is 8. The van der Waals surface area contributed by atoms with Crippen LogP contribution in [0.25, 0.3) is 6.08 Å². The summed E-state index contributed by atoms with van der Waals surface area (Å²) in [7, 11) is 2.65. The summed E-state index contributed by atoms with van der Waals surface area (Å²) in [5.74, 6) is -1.48.